The van der Waals surface area contributed by atoms with Crippen molar-refractivity contribution in [3.8, 4) is 6.07 Å². The van der Waals surface area contributed by atoms with Gasteiger partial charge in [-0.1, -0.05) is 32.0 Å². The Balaban J connectivity index is 1.37. The zero-order valence-electron chi connectivity index (χ0n) is 19.2. The zero-order valence-corrected chi connectivity index (χ0v) is 19.2. The number of fused-ring (bicyclic) bond motifs is 1. The highest BCUT2D eigenvalue weighted by Crippen LogP contribution is 2.42. The van der Waals surface area contributed by atoms with Crippen molar-refractivity contribution in [3.63, 3.8) is 0 Å². The first kappa shape index (κ1) is 21.8. The molecule has 0 spiro atoms. The number of aromatic nitrogens is 2. The maximum Gasteiger partial charge on any atom is 0.232 e. The van der Waals surface area contributed by atoms with E-state index in [9.17, 15) is 14.9 Å². The van der Waals surface area contributed by atoms with Gasteiger partial charge in [-0.05, 0) is 41.0 Å². The Morgan fingerprint density at radius 3 is 2.71 bits per heavy atom. The predicted octanol–water partition coefficient (Wildman–Crippen LogP) is 3.62. The lowest BCUT2D eigenvalue weighted by Gasteiger charge is -2.23. The van der Waals surface area contributed by atoms with Gasteiger partial charge in [0.1, 0.15) is 6.33 Å². The fourth-order valence-corrected chi connectivity index (χ4v) is 4.98. The van der Waals surface area contributed by atoms with Gasteiger partial charge in [0, 0.05) is 55.1 Å². The summed E-state index contributed by atoms with van der Waals surface area (Å²) in [5, 5.41) is 9.18. The van der Waals surface area contributed by atoms with Crippen LogP contribution in [0, 0.1) is 17.2 Å². The lowest BCUT2D eigenvalue weighted by molar-refractivity contribution is -0.124. The molecule has 1 aromatic heterocycles. The van der Waals surface area contributed by atoms with Crippen molar-refractivity contribution in [1.29, 1.82) is 5.26 Å². The second kappa shape index (κ2) is 8.38. The number of benzene rings is 2. The molecule has 3 heterocycles. The third kappa shape index (κ3) is 3.92. The van der Waals surface area contributed by atoms with Crippen molar-refractivity contribution in [2.24, 2.45) is 5.92 Å². The Kier molecular flexibility index (Phi) is 5.37. The SMILES string of the molecule is CC1(C)CN(C(=O)[C@H]2CC(=O)N(c3cccc(C#N)c3)C2)c2ccc(Cc3cncnc3)cc21. The van der Waals surface area contributed by atoms with E-state index in [0.29, 0.717) is 24.3 Å². The Morgan fingerprint density at radius 2 is 1.94 bits per heavy atom. The first-order valence-electron chi connectivity index (χ1n) is 11.3. The van der Waals surface area contributed by atoms with Gasteiger partial charge in [-0.15, -0.1) is 0 Å². The lowest BCUT2D eigenvalue weighted by atomic mass is 9.85. The number of amides is 2. The zero-order chi connectivity index (χ0) is 23.9. The topological polar surface area (TPSA) is 90.2 Å². The second-order valence-corrected chi connectivity index (χ2v) is 9.65. The van der Waals surface area contributed by atoms with Crippen LogP contribution in [0.1, 0.15) is 42.5 Å². The monoisotopic (exact) mass is 451 g/mol. The molecule has 0 unspecified atom stereocenters. The molecule has 170 valence electrons. The fraction of sp³-hybridized carbons (Fsp3) is 0.296. The van der Waals surface area contributed by atoms with E-state index in [4.69, 9.17) is 0 Å². The molecule has 5 rings (SSSR count). The van der Waals surface area contributed by atoms with Crippen LogP contribution in [-0.2, 0) is 21.4 Å². The Hall–Kier alpha value is -4.05. The molecule has 2 aromatic carbocycles. The summed E-state index contributed by atoms with van der Waals surface area (Å²) >= 11 is 0. The molecule has 1 saturated heterocycles. The molecule has 0 bridgehead atoms. The van der Waals surface area contributed by atoms with Crippen LogP contribution < -0.4 is 9.80 Å². The summed E-state index contributed by atoms with van der Waals surface area (Å²) in [7, 11) is 0. The summed E-state index contributed by atoms with van der Waals surface area (Å²) in [4.78, 5) is 38.0. The second-order valence-electron chi connectivity index (χ2n) is 9.65. The molecule has 0 aliphatic carbocycles. The third-order valence-corrected chi connectivity index (χ3v) is 6.68. The number of anilines is 2. The van der Waals surface area contributed by atoms with E-state index in [0.717, 1.165) is 28.8 Å². The van der Waals surface area contributed by atoms with Gasteiger partial charge < -0.3 is 9.80 Å². The molecule has 0 radical (unpaired) electrons. The van der Waals surface area contributed by atoms with Crippen molar-refractivity contribution in [3.05, 3.63) is 83.4 Å². The molecule has 2 aliphatic heterocycles. The van der Waals surface area contributed by atoms with Gasteiger partial charge in [0.05, 0.1) is 17.6 Å². The van der Waals surface area contributed by atoms with Gasteiger partial charge in [0.2, 0.25) is 11.8 Å². The highest BCUT2D eigenvalue weighted by atomic mass is 16.2. The highest BCUT2D eigenvalue weighted by molar-refractivity contribution is 6.05. The van der Waals surface area contributed by atoms with E-state index in [2.05, 4.69) is 36.0 Å². The molecule has 2 amide bonds. The molecule has 7 heteroatoms. The summed E-state index contributed by atoms with van der Waals surface area (Å²) < 4.78 is 0. The van der Waals surface area contributed by atoms with Crippen molar-refractivity contribution in [2.75, 3.05) is 22.9 Å². The number of hydrogen-bond acceptors (Lipinski definition) is 5. The first-order valence-corrected chi connectivity index (χ1v) is 11.3. The molecule has 0 saturated carbocycles. The molecule has 7 nitrogen and oxygen atoms in total. The van der Waals surface area contributed by atoms with Crippen LogP contribution >= 0.6 is 0 Å². The Bertz CT molecular complexity index is 1310. The van der Waals surface area contributed by atoms with Crippen LogP contribution in [0.3, 0.4) is 0 Å². The standard InChI is InChI=1S/C27H25N5O2/c1-27(2)16-32(24-7-6-18(10-23(24)27)8-20-13-29-17-30-14-20)26(34)21-11-25(33)31(15-21)22-5-3-4-19(9-22)12-28/h3-7,9-10,13-14,17,21H,8,11,15-16H2,1-2H3/t21-/m0/s1. The minimum atomic E-state index is -0.416. The molecule has 34 heavy (non-hydrogen) atoms. The van der Waals surface area contributed by atoms with Crippen LogP contribution in [0.5, 0.6) is 0 Å². The molecule has 1 atom stereocenters. The number of nitrogens with zero attached hydrogens (tertiary/aromatic N) is 5. The molecular weight excluding hydrogens is 426 g/mol. The maximum atomic E-state index is 13.6. The van der Waals surface area contributed by atoms with Gasteiger partial charge in [-0.3, -0.25) is 9.59 Å². The maximum absolute atomic E-state index is 13.6. The minimum absolute atomic E-state index is 0.0247. The fourth-order valence-electron chi connectivity index (χ4n) is 4.98. The number of carbonyl (C=O) groups is 2. The Morgan fingerprint density at radius 1 is 1.15 bits per heavy atom. The molecular formula is C27H25N5O2. The molecule has 3 aromatic rings. The highest BCUT2D eigenvalue weighted by Gasteiger charge is 2.43. The summed E-state index contributed by atoms with van der Waals surface area (Å²) in [5.74, 6) is -0.531. The molecule has 0 N–H and O–H groups in total. The molecule has 2 aliphatic rings. The average molecular weight is 452 g/mol. The number of hydrogen-bond donors (Lipinski definition) is 0. The van der Waals surface area contributed by atoms with Crippen LogP contribution in [0.15, 0.2) is 61.2 Å². The van der Waals surface area contributed by atoms with E-state index in [-0.39, 0.29) is 23.7 Å². The Labute approximate surface area is 198 Å². The normalized spacial score (nSPS) is 18.6. The molecule has 1 fully saturated rings. The van der Waals surface area contributed by atoms with E-state index in [1.807, 2.05) is 29.4 Å². The van der Waals surface area contributed by atoms with Crippen molar-refractivity contribution >= 4 is 23.2 Å². The number of nitriles is 1. The predicted molar refractivity (Wildman–Crippen MR) is 128 cm³/mol. The van der Waals surface area contributed by atoms with E-state index >= 15 is 0 Å². The van der Waals surface area contributed by atoms with Gasteiger partial charge in [-0.2, -0.15) is 5.26 Å². The quantitative estimate of drug-likeness (QED) is 0.604. The van der Waals surface area contributed by atoms with Gasteiger partial charge in [0.15, 0.2) is 0 Å². The van der Waals surface area contributed by atoms with E-state index < -0.39 is 5.92 Å². The largest absolute Gasteiger partial charge is 0.312 e. The minimum Gasteiger partial charge on any atom is -0.312 e. The summed E-state index contributed by atoms with van der Waals surface area (Å²) in [6.07, 6.45) is 6.06. The van der Waals surface area contributed by atoms with Crippen molar-refractivity contribution in [1.82, 2.24) is 9.97 Å². The lowest BCUT2D eigenvalue weighted by Crippen LogP contribution is -2.39. The van der Waals surface area contributed by atoms with Crippen molar-refractivity contribution < 1.29 is 9.59 Å². The van der Waals surface area contributed by atoms with E-state index in [1.165, 1.54) is 6.33 Å². The van der Waals surface area contributed by atoms with Crippen molar-refractivity contribution in [2.45, 2.75) is 32.1 Å². The van der Waals surface area contributed by atoms with Gasteiger partial charge >= 0.3 is 0 Å². The average Bonchev–Trinajstić information content (AvgIpc) is 3.36. The number of carbonyl (C=O) groups excluding carboxylic acids is 2. The summed E-state index contributed by atoms with van der Waals surface area (Å²) in [5.41, 5.74) is 5.20. The number of rotatable bonds is 4. The van der Waals surface area contributed by atoms with Gasteiger partial charge in [-0.25, -0.2) is 9.97 Å². The van der Waals surface area contributed by atoms with E-state index in [1.54, 1.807) is 29.2 Å². The first-order chi connectivity index (χ1) is 16.4. The van der Waals surface area contributed by atoms with Crippen LogP contribution in [-0.4, -0.2) is 34.9 Å². The summed E-state index contributed by atoms with van der Waals surface area (Å²) in [6.45, 7) is 5.20. The van der Waals surface area contributed by atoms with Crippen LogP contribution in [0.2, 0.25) is 0 Å². The third-order valence-electron chi connectivity index (χ3n) is 6.68. The summed E-state index contributed by atoms with van der Waals surface area (Å²) in [6, 6.07) is 15.3. The van der Waals surface area contributed by atoms with Gasteiger partial charge in [0.25, 0.3) is 0 Å². The van der Waals surface area contributed by atoms with Crippen LogP contribution in [0.4, 0.5) is 11.4 Å². The smallest absolute Gasteiger partial charge is 0.232 e. The van der Waals surface area contributed by atoms with Crippen LogP contribution in [0.25, 0.3) is 0 Å².